The summed E-state index contributed by atoms with van der Waals surface area (Å²) in [6.07, 6.45) is 3.31. The van der Waals surface area contributed by atoms with E-state index in [0.29, 0.717) is 37.0 Å². The Labute approximate surface area is 228 Å². The van der Waals surface area contributed by atoms with Gasteiger partial charge in [0.1, 0.15) is 10.6 Å². The standard InChI is InChI=1S/C29H33N5O2S2/c1-20-9-14-24-25(19-20)37-29-26(24)28(30-27(31-29)21-10-12-22(13-11-21)32(2)3)33-15-17-34(18-16-33)38(35,36)23-7-5-4-6-8-23/h4-8,10-13,20H,9,14-19H2,1-3H3/t20-/m0/s1. The number of benzene rings is 2. The van der Waals surface area contributed by atoms with Crippen LogP contribution in [-0.4, -0.2) is 63.0 Å². The summed E-state index contributed by atoms with van der Waals surface area (Å²) in [7, 11) is 0.554. The Morgan fingerprint density at radius 1 is 0.947 bits per heavy atom. The maximum absolute atomic E-state index is 13.2. The number of fused-ring (bicyclic) bond motifs is 3. The van der Waals surface area contributed by atoms with Crippen LogP contribution >= 0.6 is 11.3 Å². The molecule has 3 heterocycles. The minimum Gasteiger partial charge on any atom is -0.378 e. The van der Waals surface area contributed by atoms with Crippen LogP contribution in [0.25, 0.3) is 21.6 Å². The molecule has 1 aliphatic heterocycles. The first-order valence-corrected chi connectivity index (χ1v) is 15.5. The number of sulfonamides is 1. The normalized spacial score (nSPS) is 18.5. The molecule has 2 aromatic carbocycles. The van der Waals surface area contributed by atoms with Gasteiger partial charge in [-0.3, -0.25) is 0 Å². The Hall–Kier alpha value is -3.01. The van der Waals surface area contributed by atoms with Crippen molar-refractivity contribution in [3.8, 4) is 11.4 Å². The second kappa shape index (κ2) is 9.94. The fraction of sp³-hybridized carbons (Fsp3) is 0.379. The molecule has 38 heavy (non-hydrogen) atoms. The highest BCUT2D eigenvalue weighted by Crippen LogP contribution is 2.42. The number of hydrogen-bond acceptors (Lipinski definition) is 7. The maximum Gasteiger partial charge on any atom is 0.243 e. The maximum atomic E-state index is 13.2. The summed E-state index contributed by atoms with van der Waals surface area (Å²) < 4.78 is 28.0. The van der Waals surface area contributed by atoms with Crippen LogP contribution in [0.2, 0.25) is 0 Å². The molecule has 2 aliphatic rings. The monoisotopic (exact) mass is 547 g/mol. The number of thiophene rings is 1. The van der Waals surface area contributed by atoms with Gasteiger partial charge in [-0.1, -0.05) is 25.1 Å². The van der Waals surface area contributed by atoms with Gasteiger partial charge in [-0.05, 0) is 67.1 Å². The van der Waals surface area contributed by atoms with Gasteiger partial charge in [-0.25, -0.2) is 18.4 Å². The van der Waals surface area contributed by atoms with Gasteiger partial charge in [0.2, 0.25) is 10.0 Å². The molecule has 4 aromatic rings. The first-order valence-electron chi connectivity index (χ1n) is 13.2. The molecule has 6 rings (SSSR count). The van der Waals surface area contributed by atoms with E-state index in [1.54, 1.807) is 28.6 Å². The van der Waals surface area contributed by atoms with Crippen molar-refractivity contribution in [3.05, 3.63) is 65.0 Å². The van der Waals surface area contributed by atoms with Crippen molar-refractivity contribution in [1.29, 1.82) is 0 Å². The molecule has 1 atom stereocenters. The molecule has 0 N–H and O–H groups in total. The lowest BCUT2D eigenvalue weighted by atomic mass is 9.89. The van der Waals surface area contributed by atoms with Gasteiger partial charge in [0.15, 0.2) is 5.82 Å². The van der Waals surface area contributed by atoms with Crippen LogP contribution in [0.5, 0.6) is 0 Å². The van der Waals surface area contributed by atoms with E-state index in [1.807, 2.05) is 31.5 Å². The third-order valence-corrected chi connectivity index (χ3v) is 10.8. The molecule has 1 aliphatic carbocycles. The average molecular weight is 548 g/mol. The van der Waals surface area contributed by atoms with E-state index in [0.717, 1.165) is 40.6 Å². The molecule has 0 radical (unpaired) electrons. The minimum absolute atomic E-state index is 0.349. The molecule has 1 saturated heterocycles. The van der Waals surface area contributed by atoms with Crippen LogP contribution in [-0.2, 0) is 22.9 Å². The molecular weight excluding hydrogens is 514 g/mol. The van der Waals surface area contributed by atoms with Crippen molar-refractivity contribution in [2.45, 2.75) is 31.1 Å². The molecular formula is C29H33N5O2S2. The molecule has 1 fully saturated rings. The summed E-state index contributed by atoms with van der Waals surface area (Å²) in [5.41, 5.74) is 3.52. The third kappa shape index (κ3) is 4.57. The quantitative estimate of drug-likeness (QED) is 0.348. The second-order valence-electron chi connectivity index (χ2n) is 10.5. The predicted molar refractivity (Wildman–Crippen MR) is 156 cm³/mol. The number of rotatable bonds is 5. The van der Waals surface area contributed by atoms with Crippen molar-refractivity contribution in [2.24, 2.45) is 5.92 Å². The number of nitrogens with zero attached hydrogens (tertiary/aromatic N) is 5. The first-order chi connectivity index (χ1) is 18.3. The lowest BCUT2D eigenvalue weighted by Crippen LogP contribution is -2.49. The SMILES string of the molecule is C[C@H]1CCc2c(sc3nc(-c4ccc(N(C)C)cc4)nc(N4CCN(S(=O)(=O)c5ccccc5)CC4)c23)C1. The van der Waals surface area contributed by atoms with Gasteiger partial charge in [-0.15, -0.1) is 11.3 Å². The van der Waals surface area contributed by atoms with Crippen LogP contribution < -0.4 is 9.80 Å². The van der Waals surface area contributed by atoms with Gasteiger partial charge in [0, 0.05) is 56.4 Å². The predicted octanol–water partition coefficient (Wildman–Crippen LogP) is 5.06. The zero-order valence-electron chi connectivity index (χ0n) is 22.1. The molecule has 0 spiro atoms. The summed E-state index contributed by atoms with van der Waals surface area (Å²) in [6, 6.07) is 17.1. The highest BCUT2D eigenvalue weighted by atomic mass is 32.2. The fourth-order valence-corrected chi connectivity index (χ4v) is 8.29. The summed E-state index contributed by atoms with van der Waals surface area (Å²) in [5.74, 6) is 2.35. The molecule has 2 aromatic heterocycles. The Kier molecular flexibility index (Phi) is 6.62. The summed E-state index contributed by atoms with van der Waals surface area (Å²) in [5, 5.41) is 1.17. The molecule has 7 nitrogen and oxygen atoms in total. The second-order valence-corrected chi connectivity index (χ2v) is 13.6. The van der Waals surface area contributed by atoms with Crippen molar-refractivity contribution in [2.75, 3.05) is 50.1 Å². The van der Waals surface area contributed by atoms with E-state index in [-0.39, 0.29) is 0 Å². The number of aromatic nitrogens is 2. The van der Waals surface area contributed by atoms with Gasteiger partial charge >= 0.3 is 0 Å². The number of anilines is 2. The van der Waals surface area contributed by atoms with Gasteiger partial charge in [-0.2, -0.15) is 4.31 Å². The number of piperazine rings is 1. The first kappa shape index (κ1) is 25.3. The number of aryl methyl sites for hydroxylation is 1. The number of hydrogen-bond donors (Lipinski definition) is 0. The Balaban J connectivity index is 1.37. The van der Waals surface area contributed by atoms with Crippen LogP contribution in [0.4, 0.5) is 11.5 Å². The lowest BCUT2D eigenvalue weighted by molar-refractivity contribution is 0.384. The minimum atomic E-state index is -3.51. The zero-order chi connectivity index (χ0) is 26.4. The average Bonchev–Trinajstić information content (AvgIpc) is 3.30. The van der Waals surface area contributed by atoms with Crippen LogP contribution in [0.1, 0.15) is 23.8 Å². The molecule has 0 amide bonds. The zero-order valence-corrected chi connectivity index (χ0v) is 23.7. The largest absolute Gasteiger partial charge is 0.378 e. The highest BCUT2D eigenvalue weighted by molar-refractivity contribution is 7.89. The summed E-state index contributed by atoms with van der Waals surface area (Å²) >= 11 is 1.81. The molecule has 0 bridgehead atoms. The fourth-order valence-electron chi connectivity index (χ4n) is 5.47. The lowest BCUT2D eigenvalue weighted by Gasteiger charge is -2.35. The Bertz CT molecular complexity index is 1560. The Morgan fingerprint density at radius 2 is 1.66 bits per heavy atom. The summed E-state index contributed by atoms with van der Waals surface area (Å²) in [4.78, 5) is 17.4. The third-order valence-electron chi connectivity index (χ3n) is 7.70. The van der Waals surface area contributed by atoms with Crippen LogP contribution in [0.3, 0.4) is 0 Å². The van der Waals surface area contributed by atoms with Crippen molar-refractivity contribution in [3.63, 3.8) is 0 Å². The van der Waals surface area contributed by atoms with Crippen LogP contribution in [0, 0.1) is 5.92 Å². The van der Waals surface area contributed by atoms with E-state index >= 15 is 0 Å². The molecule has 0 unspecified atom stereocenters. The molecule has 198 valence electrons. The smallest absolute Gasteiger partial charge is 0.243 e. The van der Waals surface area contributed by atoms with Gasteiger partial charge in [0.05, 0.1) is 10.3 Å². The molecule has 9 heteroatoms. The van der Waals surface area contributed by atoms with E-state index in [1.165, 1.54) is 22.2 Å². The van der Waals surface area contributed by atoms with E-state index in [9.17, 15) is 8.42 Å². The van der Waals surface area contributed by atoms with Crippen molar-refractivity contribution < 1.29 is 8.42 Å². The van der Waals surface area contributed by atoms with Crippen LogP contribution in [0.15, 0.2) is 59.5 Å². The van der Waals surface area contributed by atoms with Crippen molar-refractivity contribution in [1.82, 2.24) is 14.3 Å². The van der Waals surface area contributed by atoms with Crippen molar-refractivity contribution >= 4 is 43.1 Å². The van der Waals surface area contributed by atoms with E-state index < -0.39 is 10.0 Å². The molecule has 0 saturated carbocycles. The van der Waals surface area contributed by atoms with E-state index in [4.69, 9.17) is 9.97 Å². The van der Waals surface area contributed by atoms with Gasteiger partial charge in [0.25, 0.3) is 0 Å². The topological polar surface area (TPSA) is 69.6 Å². The highest BCUT2D eigenvalue weighted by Gasteiger charge is 2.31. The summed E-state index contributed by atoms with van der Waals surface area (Å²) in [6.45, 7) is 4.37. The van der Waals surface area contributed by atoms with E-state index in [2.05, 4.69) is 41.0 Å². The van der Waals surface area contributed by atoms with Gasteiger partial charge < -0.3 is 9.80 Å². The Morgan fingerprint density at radius 3 is 2.34 bits per heavy atom.